The largest absolute Gasteiger partial charge is 0.361 e. The van der Waals surface area contributed by atoms with Gasteiger partial charge < -0.3 is 4.98 Å². The van der Waals surface area contributed by atoms with Crippen LogP contribution in [0, 0.1) is 0 Å². The molecule has 0 amide bonds. The molecule has 0 saturated carbocycles. The van der Waals surface area contributed by atoms with Crippen LogP contribution in [0.5, 0.6) is 0 Å². The predicted octanol–water partition coefficient (Wildman–Crippen LogP) is 4.62. The number of halogens is 1. The smallest absolute Gasteiger partial charge is 0.0457 e. The van der Waals surface area contributed by atoms with Gasteiger partial charge in [0.25, 0.3) is 0 Å². The lowest BCUT2D eigenvalue weighted by molar-refractivity contribution is 0.510. The van der Waals surface area contributed by atoms with Crippen LogP contribution in [-0.2, 0) is 5.41 Å². The summed E-state index contributed by atoms with van der Waals surface area (Å²) in [5.74, 6) is 0. The van der Waals surface area contributed by atoms with Gasteiger partial charge in [-0.3, -0.25) is 0 Å². The van der Waals surface area contributed by atoms with Crippen molar-refractivity contribution < 1.29 is 0 Å². The van der Waals surface area contributed by atoms with E-state index in [-0.39, 0.29) is 5.41 Å². The topological polar surface area (TPSA) is 15.8 Å². The third-order valence-electron chi connectivity index (χ3n) is 3.26. The Kier molecular flexibility index (Phi) is 2.63. The van der Waals surface area contributed by atoms with Crippen LogP contribution in [0.3, 0.4) is 0 Å². The average molecular weight is 266 g/mol. The monoisotopic (exact) mass is 265 g/mol. The molecule has 1 N–H and O–H groups in total. The number of rotatable bonds is 2. The minimum absolute atomic E-state index is 0.235. The van der Waals surface area contributed by atoms with Gasteiger partial charge in [0.1, 0.15) is 0 Å². The lowest BCUT2D eigenvalue weighted by atomic mass is 9.82. The van der Waals surface area contributed by atoms with E-state index in [0.29, 0.717) is 0 Å². The number of nitrogens with one attached hydrogen (secondary N) is 1. The molecule has 2 rings (SSSR count). The van der Waals surface area contributed by atoms with Crippen LogP contribution in [-0.4, -0.2) is 4.98 Å². The minimum Gasteiger partial charge on any atom is -0.361 e. The molecule has 0 bridgehead atoms. The SMILES string of the molecule is CCC(C)(C)c1c[nH]c2ccc(Br)cc12. The third kappa shape index (κ3) is 1.83. The molecule has 1 aromatic heterocycles. The molecule has 2 aromatic rings. The molecular weight excluding hydrogens is 250 g/mol. The van der Waals surface area contributed by atoms with E-state index in [0.717, 1.165) is 10.9 Å². The molecule has 1 heterocycles. The molecule has 0 aliphatic heterocycles. The van der Waals surface area contributed by atoms with Gasteiger partial charge >= 0.3 is 0 Å². The Morgan fingerprint density at radius 3 is 2.73 bits per heavy atom. The summed E-state index contributed by atoms with van der Waals surface area (Å²) in [6.07, 6.45) is 3.28. The fourth-order valence-electron chi connectivity index (χ4n) is 1.84. The van der Waals surface area contributed by atoms with Crippen LogP contribution >= 0.6 is 15.9 Å². The van der Waals surface area contributed by atoms with Crippen LogP contribution in [0.4, 0.5) is 0 Å². The van der Waals surface area contributed by atoms with E-state index in [1.54, 1.807) is 0 Å². The summed E-state index contributed by atoms with van der Waals surface area (Å²) in [6.45, 7) is 6.81. The van der Waals surface area contributed by atoms with E-state index >= 15 is 0 Å². The number of hydrogen-bond acceptors (Lipinski definition) is 0. The molecule has 0 radical (unpaired) electrons. The minimum atomic E-state index is 0.235. The average Bonchev–Trinajstić information content (AvgIpc) is 2.61. The Morgan fingerprint density at radius 2 is 2.07 bits per heavy atom. The Labute approximate surface area is 99.0 Å². The van der Waals surface area contributed by atoms with Gasteiger partial charge in [-0.1, -0.05) is 36.7 Å². The third-order valence-corrected chi connectivity index (χ3v) is 3.75. The summed E-state index contributed by atoms with van der Waals surface area (Å²) in [5, 5.41) is 1.33. The number of hydrogen-bond donors (Lipinski definition) is 1. The first-order valence-electron chi connectivity index (χ1n) is 5.32. The van der Waals surface area contributed by atoms with Crippen molar-refractivity contribution in [1.29, 1.82) is 0 Å². The van der Waals surface area contributed by atoms with Crippen LogP contribution < -0.4 is 0 Å². The summed E-state index contributed by atoms with van der Waals surface area (Å²) in [6, 6.07) is 6.38. The number of aromatic nitrogens is 1. The highest BCUT2D eigenvalue weighted by Crippen LogP contribution is 2.33. The molecule has 0 atom stereocenters. The van der Waals surface area contributed by atoms with Crippen molar-refractivity contribution in [2.24, 2.45) is 0 Å². The molecule has 1 aromatic carbocycles. The van der Waals surface area contributed by atoms with Gasteiger partial charge in [-0.05, 0) is 35.6 Å². The summed E-state index contributed by atoms with van der Waals surface area (Å²) < 4.78 is 1.14. The lowest BCUT2D eigenvalue weighted by Crippen LogP contribution is -2.14. The van der Waals surface area contributed by atoms with Gasteiger partial charge in [0.15, 0.2) is 0 Å². The number of aromatic amines is 1. The standard InChI is InChI=1S/C13H16BrN/c1-4-13(2,3)11-8-15-12-6-5-9(14)7-10(11)12/h5-8,15H,4H2,1-3H3. The van der Waals surface area contributed by atoms with Gasteiger partial charge in [0.2, 0.25) is 0 Å². The quantitative estimate of drug-likeness (QED) is 0.816. The van der Waals surface area contributed by atoms with Gasteiger partial charge in [0, 0.05) is 21.6 Å². The Hall–Kier alpha value is -0.760. The summed E-state index contributed by atoms with van der Waals surface area (Å²) >= 11 is 3.53. The molecule has 1 nitrogen and oxygen atoms in total. The molecular formula is C13H16BrN. The van der Waals surface area contributed by atoms with Gasteiger partial charge in [-0.2, -0.15) is 0 Å². The maximum absolute atomic E-state index is 3.53. The molecule has 0 fully saturated rings. The van der Waals surface area contributed by atoms with Crippen molar-refractivity contribution in [3.8, 4) is 0 Å². The van der Waals surface area contributed by atoms with Crippen LogP contribution in [0.25, 0.3) is 10.9 Å². The van der Waals surface area contributed by atoms with Gasteiger partial charge in [-0.25, -0.2) is 0 Å². The van der Waals surface area contributed by atoms with Crippen LogP contribution in [0.15, 0.2) is 28.9 Å². The highest BCUT2D eigenvalue weighted by molar-refractivity contribution is 9.10. The van der Waals surface area contributed by atoms with Gasteiger partial charge in [0.05, 0.1) is 0 Å². The first kappa shape index (κ1) is 10.7. The second-order valence-corrected chi connectivity index (χ2v) is 5.55. The van der Waals surface area contributed by atoms with Crippen molar-refractivity contribution in [3.05, 3.63) is 34.4 Å². The van der Waals surface area contributed by atoms with Gasteiger partial charge in [-0.15, -0.1) is 0 Å². The molecule has 0 spiro atoms. The van der Waals surface area contributed by atoms with E-state index in [1.165, 1.54) is 16.5 Å². The highest BCUT2D eigenvalue weighted by Gasteiger charge is 2.21. The van der Waals surface area contributed by atoms with E-state index in [2.05, 4.69) is 66.1 Å². The van der Waals surface area contributed by atoms with Crippen LogP contribution in [0.1, 0.15) is 32.8 Å². The molecule has 15 heavy (non-hydrogen) atoms. The number of fused-ring (bicyclic) bond motifs is 1. The predicted molar refractivity (Wildman–Crippen MR) is 69.3 cm³/mol. The maximum atomic E-state index is 3.53. The van der Waals surface area contributed by atoms with Crippen LogP contribution in [0.2, 0.25) is 0 Å². The maximum Gasteiger partial charge on any atom is 0.0457 e. The fraction of sp³-hybridized carbons (Fsp3) is 0.385. The molecule has 0 unspecified atom stereocenters. The van der Waals surface area contributed by atoms with Crippen molar-refractivity contribution in [3.63, 3.8) is 0 Å². The Balaban J connectivity index is 2.67. The van der Waals surface area contributed by atoms with Crippen molar-refractivity contribution in [2.45, 2.75) is 32.6 Å². The summed E-state index contributed by atoms with van der Waals surface area (Å²) in [7, 11) is 0. The normalized spacial score (nSPS) is 12.3. The van der Waals surface area contributed by atoms with E-state index in [4.69, 9.17) is 0 Å². The van der Waals surface area contributed by atoms with Crippen molar-refractivity contribution in [1.82, 2.24) is 4.98 Å². The first-order chi connectivity index (χ1) is 7.04. The van der Waals surface area contributed by atoms with E-state index < -0.39 is 0 Å². The fourth-order valence-corrected chi connectivity index (χ4v) is 2.20. The zero-order valence-electron chi connectivity index (χ0n) is 9.39. The first-order valence-corrected chi connectivity index (χ1v) is 6.11. The zero-order valence-corrected chi connectivity index (χ0v) is 11.0. The van der Waals surface area contributed by atoms with Crippen molar-refractivity contribution in [2.75, 3.05) is 0 Å². The number of H-pyrrole nitrogens is 1. The highest BCUT2D eigenvalue weighted by atomic mass is 79.9. The van der Waals surface area contributed by atoms with E-state index in [1.807, 2.05) is 0 Å². The molecule has 0 aliphatic rings. The molecule has 0 aliphatic carbocycles. The molecule has 80 valence electrons. The second-order valence-electron chi connectivity index (χ2n) is 4.63. The lowest BCUT2D eigenvalue weighted by Gasteiger charge is -2.22. The summed E-state index contributed by atoms with van der Waals surface area (Å²) in [5.41, 5.74) is 2.86. The molecule has 0 saturated heterocycles. The second kappa shape index (κ2) is 3.67. The van der Waals surface area contributed by atoms with Crippen molar-refractivity contribution >= 4 is 26.8 Å². The Morgan fingerprint density at radius 1 is 1.33 bits per heavy atom. The van der Waals surface area contributed by atoms with E-state index in [9.17, 15) is 0 Å². The summed E-state index contributed by atoms with van der Waals surface area (Å²) in [4.78, 5) is 3.33. The zero-order chi connectivity index (χ0) is 11.1. The molecule has 2 heteroatoms. The Bertz CT molecular complexity index is 482. The number of benzene rings is 1.